The van der Waals surface area contributed by atoms with Gasteiger partial charge in [-0.3, -0.25) is 9.11 Å². The molecule has 10 heteroatoms. The molecule has 2 aromatic carbocycles. The van der Waals surface area contributed by atoms with Crippen molar-refractivity contribution in [2.45, 2.75) is 5.92 Å². The Morgan fingerprint density at radius 3 is 1.97 bits per heavy atom. The summed E-state index contributed by atoms with van der Waals surface area (Å²) in [6, 6.07) is 22.1. The largest absolute Gasteiger partial charge is 0.394 e. The Kier molecular flexibility index (Phi) is 8.97. The van der Waals surface area contributed by atoms with Crippen molar-refractivity contribution >= 4 is 47.1 Å². The zero-order chi connectivity index (χ0) is 22.1. The van der Waals surface area contributed by atoms with E-state index in [1.54, 1.807) is 18.3 Å². The van der Waals surface area contributed by atoms with Crippen LogP contribution in [0.5, 0.6) is 5.75 Å². The molecule has 8 nitrogen and oxygen atoms in total. The third-order valence-electron chi connectivity index (χ3n) is 3.97. The van der Waals surface area contributed by atoms with Gasteiger partial charge in [0.05, 0.1) is 0 Å². The second-order valence-corrected chi connectivity index (χ2v) is 8.35. The summed E-state index contributed by atoms with van der Waals surface area (Å²) in [6.45, 7) is -0.342. The third kappa shape index (κ3) is 8.62. The number of hydrogen-bond donors (Lipinski definition) is 3. The molecule has 0 amide bonds. The van der Waals surface area contributed by atoms with E-state index in [0.717, 1.165) is 39.2 Å². The van der Waals surface area contributed by atoms with Crippen LogP contribution in [-0.2, 0) is 15.2 Å². The first-order valence-corrected chi connectivity index (χ1v) is 11.1. The fraction of sp³-hybridized carbons (Fsp3) is 0.100. The summed E-state index contributed by atoms with van der Waals surface area (Å²) >= 11 is 1.03. The van der Waals surface area contributed by atoms with Gasteiger partial charge in [-0.05, 0) is 0 Å². The van der Waals surface area contributed by atoms with Crippen LogP contribution in [0.15, 0.2) is 72.9 Å². The zero-order valence-electron chi connectivity index (χ0n) is 16.0. The van der Waals surface area contributed by atoms with E-state index in [2.05, 4.69) is 29.2 Å². The molecule has 0 aliphatic heterocycles. The predicted molar refractivity (Wildman–Crippen MR) is 111 cm³/mol. The molecule has 0 aliphatic carbocycles. The first-order chi connectivity index (χ1) is 14.1. The summed E-state index contributed by atoms with van der Waals surface area (Å²) in [4.78, 5) is 15.2. The maximum atomic E-state index is 10.6. The van der Waals surface area contributed by atoms with Gasteiger partial charge in [-0.25, -0.2) is 4.79 Å². The maximum Gasteiger partial charge on any atom is 0.394 e. The maximum absolute atomic E-state index is 10.6. The number of aromatic nitrogens is 1. The first-order valence-electron chi connectivity index (χ1n) is 8.75. The van der Waals surface area contributed by atoms with E-state index >= 15 is 0 Å². The molecule has 1 atom stereocenters. The molecule has 1 aromatic heterocycles. The van der Waals surface area contributed by atoms with Crippen molar-refractivity contribution in [3.8, 4) is 5.75 Å². The molecular weight excluding hydrogens is 421 g/mol. The summed E-state index contributed by atoms with van der Waals surface area (Å²) in [5, 5.41) is 8.71. The molecule has 3 aromatic rings. The molecule has 152 valence electrons. The van der Waals surface area contributed by atoms with Crippen molar-refractivity contribution < 1.29 is 32.2 Å². The number of benzene rings is 2. The molecule has 0 spiro atoms. The van der Waals surface area contributed by atoms with Crippen molar-refractivity contribution in [1.29, 1.82) is 0 Å². The van der Waals surface area contributed by atoms with Gasteiger partial charge < -0.3 is 5.11 Å². The molecule has 1 unspecified atom stereocenters. The van der Waals surface area contributed by atoms with Crippen LogP contribution in [0.25, 0.3) is 0 Å². The normalized spacial score (nSPS) is 11.7. The van der Waals surface area contributed by atoms with Gasteiger partial charge in [0.2, 0.25) is 0 Å². The quantitative estimate of drug-likeness (QED) is 0.391. The van der Waals surface area contributed by atoms with Crippen LogP contribution in [0.3, 0.4) is 0 Å². The SMILES string of the molecule is O=C(O)COc1ccc(C(c2cc[c]([Na])cc2)c2ccccn2)cc1.O=S(=O)(O)O. The number of nitrogens with zero attached hydrogens (tertiary/aromatic N) is 1. The van der Waals surface area contributed by atoms with E-state index in [-0.39, 0.29) is 12.5 Å². The van der Waals surface area contributed by atoms with Crippen molar-refractivity contribution in [3.63, 3.8) is 0 Å². The number of carboxylic acids is 1. The van der Waals surface area contributed by atoms with Gasteiger partial charge in [0.15, 0.2) is 0 Å². The Balaban J connectivity index is 0.000000575. The van der Waals surface area contributed by atoms with E-state index in [1.807, 2.05) is 30.3 Å². The second-order valence-electron chi connectivity index (χ2n) is 6.30. The molecule has 3 rings (SSSR count). The van der Waals surface area contributed by atoms with Crippen LogP contribution in [-0.4, -0.2) is 68.1 Å². The van der Waals surface area contributed by atoms with Gasteiger partial charge in [0, 0.05) is 0 Å². The molecule has 0 radical (unpaired) electrons. The average molecular weight is 439 g/mol. The fourth-order valence-electron chi connectivity index (χ4n) is 2.74. The van der Waals surface area contributed by atoms with Gasteiger partial charge in [-0.1, -0.05) is 0 Å². The minimum absolute atomic E-state index is 0.0250. The summed E-state index contributed by atoms with van der Waals surface area (Å²) in [5.74, 6) is -0.420. The molecule has 1 heterocycles. The van der Waals surface area contributed by atoms with E-state index in [9.17, 15) is 4.79 Å². The Morgan fingerprint density at radius 1 is 0.967 bits per heavy atom. The number of carboxylic acid groups (broad SMARTS) is 1. The predicted octanol–water partition coefficient (Wildman–Crippen LogP) is 1.87. The van der Waals surface area contributed by atoms with Gasteiger partial charge in [0.1, 0.15) is 0 Å². The fourth-order valence-corrected chi connectivity index (χ4v) is 3.07. The number of pyridine rings is 1. The van der Waals surface area contributed by atoms with E-state index in [0.29, 0.717) is 5.75 Å². The zero-order valence-corrected chi connectivity index (χ0v) is 18.9. The monoisotopic (exact) mass is 439 g/mol. The average Bonchev–Trinajstić information content (AvgIpc) is 2.69. The van der Waals surface area contributed by atoms with E-state index in [1.165, 1.54) is 8.38 Å². The van der Waals surface area contributed by atoms with Crippen molar-refractivity contribution in [2.75, 3.05) is 6.61 Å². The van der Waals surface area contributed by atoms with Gasteiger partial charge in [-0.15, -0.1) is 0 Å². The number of rotatable bonds is 6. The molecular formula is C20H18NNaO7S. The molecule has 30 heavy (non-hydrogen) atoms. The summed E-state index contributed by atoms with van der Waals surface area (Å²) in [7, 11) is -4.67. The molecule has 0 fully saturated rings. The standard InChI is InChI=1S/C20H16NO3.Na.H2O4S/c22-19(23)14-24-17-11-9-16(10-12-17)20(15-6-2-1-3-7-15)18-8-4-5-13-21-18;;1-5(2,3)4/h2-13,20H,14H2,(H,22,23);;(H2,1,2,3,4). The topological polar surface area (TPSA) is 134 Å². The smallest absolute Gasteiger partial charge is 0.264 e. The minimum Gasteiger partial charge on any atom is -0.264 e. The Labute approximate surface area is 191 Å². The number of hydrogen-bond acceptors (Lipinski definition) is 5. The minimum atomic E-state index is -4.67. The van der Waals surface area contributed by atoms with E-state index < -0.39 is 16.4 Å². The molecule has 0 aliphatic rings. The number of aliphatic carboxylic acids is 1. The second kappa shape index (κ2) is 11.2. The molecule has 0 saturated carbocycles. The summed E-state index contributed by atoms with van der Waals surface area (Å²) < 4.78 is 38.2. The van der Waals surface area contributed by atoms with Crippen LogP contribution in [0.2, 0.25) is 0 Å². The first kappa shape index (κ1) is 24.0. The summed E-state index contributed by atoms with van der Waals surface area (Å²) in [5.41, 5.74) is 3.24. The molecule has 0 saturated heterocycles. The van der Waals surface area contributed by atoms with E-state index in [4.69, 9.17) is 27.4 Å². The van der Waals surface area contributed by atoms with Crippen LogP contribution in [0.1, 0.15) is 22.7 Å². The third-order valence-corrected chi connectivity index (χ3v) is 4.64. The Hall–Kier alpha value is -2.27. The van der Waals surface area contributed by atoms with Crippen LogP contribution < -0.4 is 7.55 Å². The number of ether oxygens (including phenoxy) is 1. The summed E-state index contributed by atoms with van der Waals surface area (Å²) in [6.07, 6.45) is 1.80. The van der Waals surface area contributed by atoms with Crippen molar-refractivity contribution in [1.82, 2.24) is 4.98 Å². The molecule has 3 N–H and O–H groups in total. The van der Waals surface area contributed by atoms with Gasteiger partial charge in [-0.2, -0.15) is 8.42 Å². The van der Waals surface area contributed by atoms with Crippen molar-refractivity contribution in [3.05, 3.63) is 89.7 Å². The van der Waals surface area contributed by atoms with Gasteiger partial charge >= 0.3 is 165 Å². The van der Waals surface area contributed by atoms with Crippen LogP contribution in [0, 0.1) is 0 Å². The van der Waals surface area contributed by atoms with Gasteiger partial charge in [0.25, 0.3) is 0 Å². The molecule has 0 bridgehead atoms. The number of carbonyl (C=O) groups is 1. The Morgan fingerprint density at radius 2 is 1.50 bits per heavy atom. The van der Waals surface area contributed by atoms with Crippen molar-refractivity contribution in [2.24, 2.45) is 0 Å². The van der Waals surface area contributed by atoms with Crippen LogP contribution in [0.4, 0.5) is 0 Å². The Bertz CT molecular complexity index is 1050. The van der Waals surface area contributed by atoms with Crippen LogP contribution >= 0.6 is 0 Å².